The lowest BCUT2D eigenvalue weighted by molar-refractivity contribution is -0.132. The van der Waals surface area contributed by atoms with Crippen molar-refractivity contribution in [1.29, 1.82) is 0 Å². The second kappa shape index (κ2) is 9.56. The van der Waals surface area contributed by atoms with Crippen LogP contribution in [0.1, 0.15) is 17.2 Å². The summed E-state index contributed by atoms with van der Waals surface area (Å²) in [6, 6.07) is 16.3. The van der Waals surface area contributed by atoms with Crippen LogP contribution in [0.15, 0.2) is 85.0 Å². The summed E-state index contributed by atoms with van der Waals surface area (Å²) < 4.78 is 20.0. The Morgan fingerprint density at radius 3 is 2.69 bits per heavy atom. The van der Waals surface area contributed by atoms with Gasteiger partial charge in [0.2, 0.25) is 0 Å². The number of anilines is 1. The van der Waals surface area contributed by atoms with Crippen molar-refractivity contribution in [2.24, 2.45) is 0 Å². The summed E-state index contributed by atoms with van der Waals surface area (Å²) >= 11 is 7.06. The molecule has 2 heterocycles. The summed E-state index contributed by atoms with van der Waals surface area (Å²) in [5.74, 6) is -2.01. The Morgan fingerprint density at radius 2 is 1.94 bits per heavy atom. The number of ketones is 1. The number of rotatable bonds is 6. The molecule has 4 aromatic rings. The van der Waals surface area contributed by atoms with Gasteiger partial charge in [0.15, 0.2) is 5.13 Å². The standard InChI is InChI=1S/C27H18ClFN2O4S/c1-2-12-35-19-5-3-4-16(13-19)23-22(24(32)15-6-8-17(28)9-7-15)25(33)26(34)31(23)27-30-20-11-10-18(29)14-21(20)36-27/h2-11,13-14,23,32H,1,12H2. The molecule has 36 heavy (non-hydrogen) atoms. The van der Waals surface area contributed by atoms with Crippen LogP contribution in [0, 0.1) is 5.82 Å². The second-order valence-electron chi connectivity index (χ2n) is 7.96. The molecule has 1 unspecified atom stereocenters. The first-order valence-corrected chi connectivity index (χ1v) is 12.0. The van der Waals surface area contributed by atoms with E-state index in [-0.39, 0.29) is 23.1 Å². The monoisotopic (exact) mass is 520 g/mol. The minimum absolute atomic E-state index is 0.103. The van der Waals surface area contributed by atoms with Gasteiger partial charge in [-0.3, -0.25) is 14.5 Å². The number of aromatic nitrogens is 1. The van der Waals surface area contributed by atoms with Crippen LogP contribution in [0.5, 0.6) is 5.75 Å². The maximum atomic E-state index is 13.8. The first kappa shape index (κ1) is 23.7. The molecule has 0 bridgehead atoms. The number of amides is 1. The number of fused-ring (bicyclic) bond motifs is 1. The van der Waals surface area contributed by atoms with Crippen molar-refractivity contribution in [2.75, 3.05) is 11.5 Å². The van der Waals surface area contributed by atoms with E-state index >= 15 is 0 Å². The van der Waals surface area contributed by atoms with Gasteiger partial charge in [0.1, 0.15) is 23.9 Å². The van der Waals surface area contributed by atoms with Crippen molar-refractivity contribution in [1.82, 2.24) is 4.98 Å². The van der Waals surface area contributed by atoms with E-state index in [0.717, 1.165) is 11.3 Å². The molecular formula is C27H18ClFN2O4S. The third-order valence-corrected chi connectivity index (χ3v) is 6.92. The summed E-state index contributed by atoms with van der Waals surface area (Å²) in [7, 11) is 0. The van der Waals surface area contributed by atoms with Crippen LogP contribution in [0.4, 0.5) is 9.52 Å². The predicted octanol–water partition coefficient (Wildman–Crippen LogP) is 6.28. The van der Waals surface area contributed by atoms with Crippen LogP contribution >= 0.6 is 22.9 Å². The lowest BCUT2D eigenvalue weighted by atomic mass is 9.95. The van der Waals surface area contributed by atoms with Crippen LogP contribution in [0.25, 0.3) is 16.0 Å². The van der Waals surface area contributed by atoms with Gasteiger partial charge in [0.05, 0.1) is 21.8 Å². The fraction of sp³-hybridized carbons (Fsp3) is 0.0741. The van der Waals surface area contributed by atoms with Crippen molar-refractivity contribution >= 4 is 55.7 Å². The molecule has 1 aromatic heterocycles. The van der Waals surface area contributed by atoms with Crippen molar-refractivity contribution in [3.05, 3.63) is 107 Å². The number of carbonyl (C=O) groups excluding carboxylic acids is 2. The summed E-state index contributed by atoms with van der Waals surface area (Å²) in [5, 5.41) is 11.9. The average molecular weight is 521 g/mol. The molecule has 9 heteroatoms. The molecule has 3 aromatic carbocycles. The number of thiazole rings is 1. The highest BCUT2D eigenvalue weighted by Crippen LogP contribution is 2.45. The van der Waals surface area contributed by atoms with E-state index in [9.17, 15) is 19.1 Å². The van der Waals surface area contributed by atoms with Gasteiger partial charge in [-0.1, -0.05) is 47.7 Å². The highest BCUT2D eigenvalue weighted by molar-refractivity contribution is 7.22. The number of carbonyl (C=O) groups is 2. The number of Topliss-reactive ketones (excluding diaryl/α,β-unsaturated/α-hetero) is 1. The predicted molar refractivity (Wildman–Crippen MR) is 138 cm³/mol. The molecule has 0 saturated carbocycles. The normalized spacial score (nSPS) is 17.1. The third-order valence-electron chi connectivity index (χ3n) is 5.65. The van der Waals surface area contributed by atoms with Crippen LogP contribution in [0.2, 0.25) is 5.02 Å². The Hall–Kier alpha value is -4.01. The lowest BCUT2D eigenvalue weighted by Crippen LogP contribution is -2.29. The average Bonchev–Trinajstić information content (AvgIpc) is 3.40. The summed E-state index contributed by atoms with van der Waals surface area (Å²) in [4.78, 5) is 32.4. The van der Waals surface area contributed by atoms with E-state index in [1.54, 1.807) is 54.6 Å². The molecule has 5 rings (SSSR count). The van der Waals surface area contributed by atoms with Gasteiger partial charge in [-0.2, -0.15) is 0 Å². The zero-order valence-corrected chi connectivity index (χ0v) is 20.2. The molecule has 0 aliphatic carbocycles. The van der Waals surface area contributed by atoms with Crippen LogP contribution in [-0.2, 0) is 9.59 Å². The van der Waals surface area contributed by atoms with Gasteiger partial charge in [-0.25, -0.2) is 9.37 Å². The summed E-state index contributed by atoms with van der Waals surface area (Å²) in [5.41, 5.74) is 1.23. The minimum atomic E-state index is -1.00. The number of halogens is 2. The highest BCUT2D eigenvalue weighted by Gasteiger charge is 2.48. The molecule has 0 radical (unpaired) electrons. The van der Waals surface area contributed by atoms with E-state index in [4.69, 9.17) is 16.3 Å². The number of nitrogens with zero attached hydrogens (tertiary/aromatic N) is 2. The Labute approximate surface area is 214 Å². The number of hydrogen-bond acceptors (Lipinski definition) is 6. The Kier molecular flexibility index (Phi) is 6.30. The summed E-state index contributed by atoms with van der Waals surface area (Å²) in [6.45, 7) is 3.90. The molecule has 1 fully saturated rings. The van der Waals surface area contributed by atoms with Gasteiger partial charge < -0.3 is 9.84 Å². The maximum absolute atomic E-state index is 13.8. The van der Waals surface area contributed by atoms with E-state index < -0.39 is 23.5 Å². The van der Waals surface area contributed by atoms with Crippen molar-refractivity contribution < 1.29 is 23.8 Å². The van der Waals surface area contributed by atoms with Crippen LogP contribution in [0.3, 0.4) is 0 Å². The Balaban J connectivity index is 1.71. The molecule has 0 spiro atoms. The fourth-order valence-corrected chi connectivity index (χ4v) is 5.17. The van der Waals surface area contributed by atoms with Gasteiger partial charge in [0.25, 0.3) is 5.78 Å². The fourth-order valence-electron chi connectivity index (χ4n) is 4.03. The minimum Gasteiger partial charge on any atom is -0.507 e. The van der Waals surface area contributed by atoms with Gasteiger partial charge >= 0.3 is 5.91 Å². The zero-order valence-electron chi connectivity index (χ0n) is 18.7. The number of benzene rings is 3. The van der Waals surface area contributed by atoms with Crippen molar-refractivity contribution in [3.63, 3.8) is 0 Å². The lowest BCUT2D eigenvalue weighted by Gasteiger charge is -2.23. The van der Waals surface area contributed by atoms with Crippen LogP contribution in [-0.4, -0.2) is 28.4 Å². The van der Waals surface area contributed by atoms with E-state index in [1.807, 2.05) is 0 Å². The quantitative estimate of drug-likeness (QED) is 0.140. The highest BCUT2D eigenvalue weighted by atomic mass is 35.5. The maximum Gasteiger partial charge on any atom is 0.301 e. The SMILES string of the molecule is C=CCOc1cccc(C2C(=C(O)c3ccc(Cl)cc3)C(=O)C(=O)N2c2nc3ccc(F)cc3s2)c1. The third kappa shape index (κ3) is 4.25. The van der Waals surface area contributed by atoms with E-state index in [1.165, 1.54) is 23.1 Å². The van der Waals surface area contributed by atoms with Crippen molar-refractivity contribution in [2.45, 2.75) is 6.04 Å². The van der Waals surface area contributed by atoms with Crippen LogP contribution < -0.4 is 9.64 Å². The molecule has 1 atom stereocenters. The first-order valence-electron chi connectivity index (χ1n) is 10.8. The van der Waals surface area contributed by atoms with E-state index in [2.05, 4.69) is 11.6 Å². The molecule has 1 N–H and O–H groups in total. The van der Waals surface area contributed by atoms with Gasteiger partial charge in [0, 0.05) is 10.6 Å². The second-order valence-corrected chi connectivity index (χ2v) is 9.40. The molecule has 1 amide bonds. The number of ether oxygens (including phenoxy) is 1. The van der Waals surface area contributed by atoms with Gasteiger partial charge in [-0.05, 0) is 60.2 Å². The Bertz CT molecular complexity index is 1550. The molecule has 1 saturated heterocycles. The molecular weight excluding hydrogens is 503 g/mol. The number of aliphatic hydroxyl groups excluding tert-OH is 1. The number of aliphatic hydroxyl groups is 1. The van der Waals surface area contributed by atoms with Gasteiger partial charge in [-0.15, -0.1) is 0 Å². The summed E-state index contributed by atoms with van der Waals surface area (Å²) in [6.07, 6.45) is 1.60. The molecule has 180 valence electrons. The molecule has 6 nitrogen and oxygen atoms in total. The first-order chi connectivity index (χ1) is 17.4. The topological polar surface area (TPSA) is 79.7 Å². The smallest absolute Gasteiger partial charge is 0.301 e. The Morgan fingerprint density at radius 1 is 1.17 bits per heavy atom. The zero-order chi connectivity index (χ0) is 25.4. The molecule has 1 aliphatic heterocycles. The number of hydrogen-bond donors (Lipinski definition) is 1. The van der Waals surface area contributed by atoms with E-state index in [0.29, 0.717) is 32.1 Å². The largest absolute Gasteiger partial charge is 0.507 e. The molecule has 1 aliphatic rings. The van der Waals surface area contributed by atoms with Crippen molar-refractivity contribution in [3.8, 4) is 5.75 Å².